The van der Waals surface area contributed by atoms with Gasteiger partial charge in [0.15, 0.2) is 13.9 Å². The average Bonchev–Trinajstić information content (AvgIpc) is 2.92. The molecule has 1 fully saturated rings. The second-order valence-corrected chi connectivity index (χ2v) is 13.6. The SMILES string of the molecule is CC(C)(C)[Si](C)(C)O[C@]1(C(F)(F)F)COC[C@@H]1[C@@H](N)Cc1ccccc1F. The van der Waals surface area contributed by atoms with Crippen LogP contribution in [-0.4, -0.2) is 39.4 Å². The van der Waals surface area contributed by atoms with Crippen molar-refractivity contribution >= 4 is 8.32 Å². The van der Waals surface area contributed by atoms with Crippen LogP contribution in [0.15, 0.2) is 24.3 Å². The summed E-state index contributed by atoms with van der Waals surface area (Å²) in [6.07, 6.45) is -4.66. The zero-order valence-electron chi connectivity index (χ0n) is 16.5. The molecule has 0 aromatic heterocycles. The Hall–Kier alpha value is -0.963. The molecule has 1 aromatic rings. The predicted octanol–water partition coefficient (Wildman–Crippen LogP) is 4.66. The molecule has 2 N–H and O–H groups in total. The lowest BCUT2D eigenvalue weighted by atomic mass is 9.82. The van der Waals surface area contributed by atoms with Crippen molar-refractivity contribution in [2.75, 3.05) is 13.2 Å². The Bertz CT molecular complexity index is 660. The number of rotatable bonds is 5. The van der Waals surface area contributed by atoms with Crippen molar-refractivity contribution in [3.8, 4) is 0 Å². The highest BCUT2D eigenvalue weighted by Crippen LogP contribution is 2.50. The number of halogens is 4. The molecule has 0 unspecified atom stereocenters. The Labute approximate surface area is 159 Å². The van der Waals surface area contributed by atoms with Crippen molar-refractivity contribution in [1.29, 1.82) is 0 Å². The first-order chi connectivity index (χ1) is 12.2. The van der Waals surface area contributed by atoms with Crippen molar-refractivity contribution in [1.82, 2.24) is 0 Å². The maximum Gasteiger partial charge on any atom is 0.419 e. The maximum absolute atomic E-state index is 14.3. The third-order valence-electron chi connectivity index (χ3n) is 5.87. The van der Waals surface area contributed by atoms with Gasteiger partial charge in [0.25, 0.3) is 0 Å². The van der Waals surface area contributed by atoms with E-state index in [1.807, 2.05) is 20.8 Å². The number of alkyl halides is 3. The van der Waals surface area contributed by atoms with E-state index in [4.69, 9.17) is 14.9 Å². The van der Waals surface area contributed by atoms with Crippen LogP contribution in [-0.2, 0) is 15.6 Å². The molecular formula is C19H29F4NO2Si. The summed E-state index contributed by atoms with van der Waals surface area (Å²) in [5.41, 5.74) is 3.99. The van der Waals surface area contributed by atoms with Gasteiger partial charge in [-0.15, -0.1) is 0 Å². The van der Waals surface area contributed by atoms with Gasteiger partial charge < -0.3 is 14.9 Å². The molecule has 1 heterocycles. The molecule has 0 bridgehead atoms. The molecule has 3 nitrogen and oxygen atoms in total. The van der Waals surface area contributed by atoms with Crippen LogP contribution in [0.4, 0.5) is 17.6 Å². The van der Waals surface area contributed by atoms with E-state index < -0.39 is 49.5 Å². The Morgan fingerprint density at radius 1 is 1.26 bits per heavy atom. The molecule has 0 amide bonds. The van der Waals surface area contributed by atoms with E-state index in [2.05, 4.69) is 0 Å². The maximum atomic E-state index is 14.3. The summed E-state index contributed by atoms with van der Waals surface area (Å²) in [5, 5.41) is -0.409. The molecule has 154 valence electrons. The summed E-state index contributed by atoms with van der Waals surface area (Å²) < 4.78 is 67.9. The highest BCUT2D eigenvalue weighted by Gasteiger charge is 2.67. The largest absolute Gasteiger partial charge is 0.419 e. The van der Waals surface area contributed by atoms with Crippen LogP contribution in [0.5, 0.6) is 0 Å². The molecule has 27 heavy (non-hydrogen) atoms. The van der Waals surface area contributed by atoms with Gasteiger partial charge in [-0.25, -0.2) is 4.39 Å². The van der Waals surface area contributed by atoms with Gasteiger partial charge in [-0.05, 0) is 36.2 Å². The van der Waals surface area contributed by atoms with E-state index in [-0.39, 0.29) is 13.0 Å². The topological polar surface area (TPSA) is 44.5 Å². The van der Waals surface area contributed by atoms with Gasteiger partial charge in [-0.3, -0.25) is 0 Å². The molecule has 1 aliphatic heterocycles. The molecule has 2 rings (SSSR count). The summed E-state index contributed by atoms with van der Waals surface area (Å²) in [6.45, 7) is 8.45. The first-order valence-corrected chi connectivity index (χ1v) is 12.0. The molecule has 0 aliphatic carbocycles. The van der Waals surface area contributed by atoms with Gasteiger partial charge in [0, 0.05) is 12.0 Å². The van der Waals surface area contributed by atoms with E-state index in [9.17, 15) is 17.6 Å². The first kappa shape index (κ1) is 22.3. The average molecular weight is 408 g/mol. The lowest BCUT2D eigenvalue weighted by molar-refractivity contribution is -0.265. The zero-order chi connectivity index (χ0) is 20.7. The van der Waals surface area contributed by atoms with Gasteiger partial charge >= 0.3 is 6.18 Å². The molecule has 1 aliphatic rings. The van der Waals surface area contributed by atoms with E-state index in [0.717, 1.165) is 0 Å². The smallest absolute Gasteiger partial charge is 0.401 e. The lowest BCUT2D eigenvalue weighted by Crippen LogP contribution is -2.63. The first-order valence-electron chi connectivity index (χ1n) is 9.05. The minimum atomic E-state index is -4.64. The lowest BCUT2D eigenvalue weighted by Gasteiger charge is -2.47. The predicted molar refractivity (Wildman–Crippen MR) is 99.5 cm³/mol. The van der Waals surface area contributed by atoms with Crippen LogP contribution >= 0.6 is 0 Å². The Kier molecular flexibility index (Phi) is 6.17. The third kappa shape index (κ3) is 4.39. The Morgan fingerprint density at radius 3 is 2.37 bits per heavy atom. The van der Waals surface area contributed by atoms with Crippen molar-refractivity contribution < 1.29 is 26.7 Å². The summed E-state index contributed by atoms with van der Waals surface area (Å²) in [7, 11) is -2.77. The van der Waals surface area contributed by atoms with Crippen LogP contribution < -0.4 is 5.73 Å². The monoisotopic (exact) mass is 407 g/mol. The molecule has 0 saturated carbocycles. The minimum absolute atomic E-state index is 0.0145. The number of benzene rings is 1. The van der Waals surface area contributed by atoms with E-state index in [1.165, 1.54) is 18.2 Å². The van der Waals surface area contributed by atoms with Gasteiger partial charge in [0.1, 0.15) is 5.82 Å². The van der Waals surface area contributed by atoms with Gasteiger partial charge in [-0.1, -0.05) is 39.0 Å². The summed E-state index contributed by atoms with van der Waals surface area (Å²) in [6, 6.07) is 5.03. The second kappa shape index (κ2) is 7.46. The van der Waals surface area contributed by atoms with E-state index in [1.54, 1.807) is 19.2 Å². The third-order valence-corrected chi connectivity index (χ3v) is 10.4. The molecular weight excluding hydrogens is 378 g/mol. The van der Waals surface area contributed by atoms with Gasteiger partial charge in [0.05, 0.1) is 13.2 Å². The van der Waals surface area contributed by atoms with Crippen LogP contribution in [0, 0.1) is 11.7 Å². The fraction of sp³-hybridized carbons (Fsp3) is 0.684. The van der Waals surface area contributed by atoms with Crippen LogP contribution in [0.1, 0.15) is 26.3 Å². The zero-order valence-corrected chi connectivity index (χ0v) is 17.5. The van der Waals surface area contributed by atoms with Gasteiger partial charge in [-0.2, -0.15) is 13.2 Å². The number of hydrogen-bond donors (Lipinski definition) is 1. The van der Waals surface area contributed by atoms with Crippen molar-refractivity contribution in [2.24, 2.45) is 11.7 Å². The normalized spacial score (nSPS) is 25.6. The fourth-order valence-electron chi connectivity index (χ4n) is 3.17. The van der Waals surface area contributed by atoms with Crippen molar-refractivity contribution in [2.45, 2.75) is 63.1 Å². The van der Waals surface area contributed by atoms with Crippen LogP contribution in [0.2, 0.25) is 18.1 Å². The fourth-order valence-corrected chi connectivity index (χ4v) is 4.72. The highest BCUT2D eigenvalue weighted by molar-refractivity contribution is 6.74. The minimum Gasteiger partial charge on any atom is -0.401 e. The summed E-state index contributed by atoms with van der Waals surface area (Å²) in [4.78, 5) is 0. The van der Waals surface area contributed by atoms with Crippen LogP contribution in [0.3, 0.4) is 0 Å². The van der Waals surface area contributed by atoms with Gasteiger partial charge in [0.2, 0.25) is 0 Å². The molecule has 1 aromatic carbocycles. The summed E-state index contributed by atoms with van der Waals surface area (Å²) in [5.74, 6) is -1.58. The van der Waals surface area contributed by atoms with E-state index >= 15 is 0 Å². The number of hydrogen-bond acceptors (Lipinski definition) is 3. The van der Waals surface area contributed by atoms with E-state index in [0.29, 0.717) is 5.56 Å². The molecule has 1 saturated heterocycles. The molecule has 0 spiro atoms. The van der Waals surface area contributed by atoms with Crippen molar-refractivity contribution in [3.05, 3.63) is 35.6 Å². The number of ether oxygens (including phenoxy) is 1. The molecule has 0 radical (unpaired) electrons. The van der Waals surface area contributed by atoms with Crippen LogP contribution in [0.25, 0.3) is 0 Å². The highest BCUT2D eigenvalue weighted by atomic mass is 28.4. The molecule has 3 atom stereocenters. The summed E-state index contributed by atoms with van der Waals surface area (Å²) >= 11 is 0. The Morgan fingerprint density at radius 2 is 1.85 bits per heavy atom. The molecule has 8 heteroatoms. The quantitative estimate of drug-likeness (QED) is 0.570. The van der Waals surface area contributed by atoms with Crippen molar-refractivity contribution in [3.63, 3.8) is 0 Å². The standard InChI is InChI=1S/C19H29F4NO2Si/c1-17(2,3)27(4,5)26-18(19(21,22)23)12-25-11-14(18)16(24)10-13-8-6-7-9-15(13)20/h6-9,14,16H,10-12,24H2,1-5H3/t14-,16+,18-/m1/s1. The number of nitrogens with two attached hydrogens (primary N) is 1. The Balaban J connectivity index is 2.37. The second-order valence-electron chi connectivity index (χ2n) is 8.83.